The number of thiophene rings is 1. The Bertz CT molecular complexity index is 2260. The van der Waals surface area contributed by atoms with E-state index in [0.717, 1.165) is 6.42 Å². The van der Waals surface area contributed by atoms with E-state index in [1.54, 1.807) is 0 Å². The third kappa shape index (κ3) is 3.62. The number of benzene rings is 6. The molecule has 9 rings (SSSR count). The molecule has 1 aromatic heterocycles. The Hall–Kier alpha value is -4.72. The third-order valence-electron chi connectivity index (χ3n) is 9.75. The first-order chi connectivity index (χ1) is 21.1. The smallest absolute Gasteiger partial charge is 0.0396 e. The fourth-order valence-corrected chi connectivity index (χ4v) is 8.93. The first-order valence-corrected chi connectivity index (χ1v) is 16.0. The molecule has 0 spiro atoms. The van der Waals surface area contributed by atoms with Crippen LogP contribution in [0.4, 0.5) is 0 Å². The molecule has 0 fully saturated rings. The van der Waals surface area contributed by atoms with Crippen LogP contribution in [-0.2, 0) is 11.8 Å². The van der Waals surface area contributed by atoms with Crippen molar-refractivity contribution in [2.75, 3.05) is 0 Å². The summed E-state index contributed by atoms with van der Waals surface area (Å²) in [7, 11) is 0. The Morgan fingerprint density at radius 2 is 1.21 bits per heavy atom. The highest BCUT2D eigenvalue weighted by molar-refractivity contribution is 7.26. The standard InChI is InChI=1S/C42H30S/c1-42(2)38-14-8-6-12-32(38)34-22-20-30-31-21-23-35-33-13-7-9-15-39(33)43-41(35)37(31)25-29(24-36(30)40(34)42)28-18-16-27(17-19-28)26-10-4-3-5-11-26/h3-24H,25H2,1-2H3. The summed E-state index contributed by atoms with van der Waals surface area (Å²) >= 11 is 1.94. The van der Waals surface area contributed by atoms with Gasteiger partial charge in [0.2, 0.25) is 0 Å². The van der Waals surface area contributed by atoms with Gasteiger partial charge in [-0.2, -0.15) is 0 Å². The molecule has 1 heteroatoms. The van der Waals surface area contributed by atoms with Gasteiger partial charge in [0, 0.05) is 32.0 Å². The largest absolute Gasteiger partial charge is 0.135 e. The molecule has 0 atom stereocenters. The van der Waals surface area contributed by atoms with Gasteiger partial charge in [0.1, 0.15) is 0 Å². The highest BCUT2D eigenvalue weighted by Crippen LogP contribution is 2.54. The lowest BCUT2D eigenvalue weighted by Crippen LogP contribution is -2.16. The van der Waals surface area contributed by atoms with E-state index < -0.39 is 0 Å². The fraction of sp³-hybridized carbons (Fsp3) is 0.0952. The van der Waals surface area contributed by atoms with Crippen molar-refractivity contribution in [1.29, 1.82) is 0 Å². The zero-order valence-electron chi connectivity index (χ0n) is 24.3. The van der Waals surface area contributed by atoms with Crippen molar-refractivity contribution in [3.8, 4) is 33.4 Å². The molecule has 0 aliphatic heterocycles. The highest BCUT2D eigenvalue weighted by Gasteiger charge is 2.38. The molecule has 204 valence electrons. The van der Waals surface area contributed by atoms with Crippen LogP contribution in [0.1, 0.15) is 41.7 Å². The van der Waals surface area contributed by atoms with Crippen LogP contribution in [0.15, 0.2) is 127 Å². The number of fused-ring (bicyclic) bond motifs is 11. The zero-order chi connectivity index (χ0) is 28.7. The fourth-order valence-electron chi connectivity index (χ4n) is 7.68. The summed E-state index contributed by atoms with van der Waals surface area (Å²) < 4.78 is 2.78. The second kappa shape index (κ2) is 9.14. The van der Waals surface area contributed by atoms with Crippen molar-refractivity contribution in [3.63, 3.8) is 0 Å². The van der Waals surface area contributed by atoms with E-state index in [-0.39, 0.29) is 5.41 Å². The maximum Gasteiger partial charge on any atom is 0.0396 e. The lowest BCUT2D eigenvalue weighted by molar-refractivity contribution is 0.659. The molecular weight excluding hydrogens is 537 g/mol. The molecule has 6 aromatic carbocycles. The average Bonchev–Trinajstić information content (AvgIpc) is 3.47. The molecule has 0 saturated heterocycles. The normalized spacial score (nSPS) is 14.5. The number of hydrogen-bond acceptors (Lipinski definition) is 1. The summed E-state index contributed by atoms with van der Waals surface area (Å²) in [6, 6.07) is 47.3. The summed E-state index contributed by atoms with van der Waals surface area (Å²) in [5, 5.41) is 2.73. The van der Waals surface area contributed by atoms with Crippen molar-refractivity contribution >= 4 is 43.2 Å². The minimum absolute atomic E-state index is 0.0811. The molecular formula is C42H30S. The molecule has 2 aliphatic carbocycles. The topological polar surface area (TPSA) is 0 Å². The van der Waals surface area contributed by atoms with E-state index in [2.05, 4.69) is 147 Å². The van der Waals surface area contributed by atoms with Crippen LogP contribution in [0, 0.1) is 0 Å². The lowest BCUT2D eigenvalue weighted by Gasteiger charge is -2.25. The molecule has 7 aromatic rings. The lowest BCUT2D eigenvalue weighted by atomic mass is 9.78. The van der Waals surface area contributed by atoms with Gasteiger partial charge in [0.05, 0.1) is 0 Å². The van der Waals surface area contributed by atoms with Crippen LogP contribution in [0.2, 0.25) is 0 Å². The highest BCUT2D eigenvalue weighted by atomic mass is 32.1. The SMILES string of the molecule is CC1(C)c2ccccc2-c2ccc3c(c21)C=C(c1ccc(-c2ccccc2)cc1)Cc1c-3ccc2c1sc1ccccc12. The van der Waals surface area contributed by atoms with Gasteiger partial charge >= 0.3 is 0 Å². The molecule has 0 N–H and O–H groups in total. The predicted octanol–water partition coefficient (Wildman–Crippen LogP) is 11.8. The van der Waals surface area contributed by atoms with Crippen molar-refractivity contribution in [3.05, 3.63) is 155 Å². The van der Waals surface area contributed by atoms with E-state index >= 15 is 0 Å². The maximum absolute atomic E-state index is 2.53. The molecule has 0 unspecified atom stereocenters. The van der Waals surface area contributed by atoms with E-state index in [1.165, 1.54) is 86.9 Å². The Balaban J connectivity index is 1.32. The van der Waals surface area contributed by atoms with E-state index in [0.29, 0.717) is 0 Å². The Kier molecular flexibility index (Phi) is 5.28. The van der Waals surface area contributed by atoms with E-state index in [1.807, 2.05) is 11.3 Å². The van der Waals surface area contributed by atoms with Crippen molar-refractivity contribution < 1.29 is 0 Å². The van der Waals surface area contributed by atoms with Crippen LogP contribution in [0.3, 0.4) is 0 Å². The van der Waals surface area contributed by atoms with Gasteiger partial charge in [-0.15, -0.1) is 11.3 Å². The van der Waals surface area contributed by atoms with Gasteiger partial charge in [-0.25, -0.2) is 0 Å². The van der Waals surface area contributed by atoms with Crippen molar-refractivity contribution in [2.24, 2.45) is 0 Å². The summed E-state index contributed by atoms with van der Waals surface area (Å²) in [6.07, 6.45) is 3.43. The molecule has 0 radical (unpaired) electrons. The van der Waals surface area contributed by atoms with Crippen LogP contribution >= 0.6 is 11.3 Å². The van der Waals surface area contributed by atoms with Crippen LogP contribution in [0.5, 0.6) is 0 Å². The number of rotatable bonds is 2. The molecule has 0 bridgehead atoms. The van der Waals surface area contributed by atoms with Gasteiger partial charge < -0.3 is 0 Å². The minimum Gasteiger partial charge on any atom is -0.135 e. The summed E-state index contributed by atoms with van der Waals surface area (Å²) in [6.45, 7) is 4.81. The maximum atomic E-state index is 2.53. The molecule has 0 nitrogen and oxygen atoms in total. The van der Waals surface area contributed by atoms with Crippen LogP contribution in [0.25, 0.3) is 65.2 Å². The first kappa shape index (κ1) is 24.8. The van der Waals surface area contributed by atoms with Gasteiger partial charge in [-0.1, -0.05) is 135 Å². The molecule has 2 aliphatic rings. The number of hydrogen-bond donors (Lipinski definition) is 0. The quantitative estimate of drug-likeness (QED) is 0.195. The van der Waals surface area contributed by atoms with Gasteiger partial charge in [-0.05, 0) is 78.9 Å². The van der Waals surface area contributed by atoms with Gasteiger partial charge in [0.25, 0.3) is 0 Å². The van der Waals surface area contributed by atoms with Crippen LogP contribution < -0.4 is 0 Å². The Labute approximate surface area is 256 Å². The minimum atomic E-state index is -0.0811. The Morgan fingerprint density at radius 3 is 2.07 bits per heavy atom. The monoisotopic (exact) mass is 566 g/mol. The first-order valence-electron chi connectivity index (χ1n) is 15.2. The van der Waals surface area contributed by atoms with Crippen molar-refractivity contribution in [2.45, 2.75) is 25.7 Å². The molecule has 43 heavy (non-hydrogen) atoms. The predicted molar refractivity (Wildman–Crippen MR) is 186 cm³/mol. The average molecular weight is 567 g/mol. The van der Waals surface area contributed by atoms with Crippen LogP contribution in [-0.4, -0.2) is 0 Å². The van der Waals surface area contributed by atoms with Gasteiger partial charge in [0.15, 0.2) is 0 Å². The Morgan fingerprint density at radius 1 is 0.535 bits per heavy atom. The zero-order valence-corrected chi connectivity index (χ0v) is 25.1. The molecule has 0 saturated carbocycles. The second-order valence-electron chi connectivity index (χ2n) is 12.5. The van der Waals surface area contributed by atoms with E-state index in [4.69, 9.17) is 0 Å². The molecule has 0 amide bonds. The molecule has 1 heterocycles. The summed E-state index contributed by atoms with van der Waals surface area (Å²) in [5.74, 6) is 0. The second-order valence-corrected chi connectivity index (χ2v) is 13.5. The van der Waals surface area contributed by atoms with Crippen molar-refractivity contribution in [1.82, 2.24) is 0 Å². The summed E-state index contributed by atoms with van der Waals surface area (Å²) in [5.41, 5.74) is 16.3. The summed E-state index contributed by atoms with van der Waals surface area (Å²) in [4.78, 5) is 0. The van der Waals surface area contributed by atoms with E-state index in [9.17, 15) is 0 Å². The van der Waals surface area contributed by atoms with Gasteiger partial charge in [-0.3, -0.25) is 0 Å². The third-order valence-corrected chi connectivity index (χ3v) is 11.0. The number of allylic oxidation sites excluding steroid dienone is 1.